The van der Waals surface area contributed by atoms with Gasteiger partial charge in [0.25, 0.3) is 11.8 Å². The lowest BCUT2D eigenvalue weighted by Gasteiger charge is -2.14. The fourth-order valence-electron chi connectivity index (χ4n) is 4.20. The maximum absolute atomic E-state index is 12.7. The smallest absolute Gasteiger partial charge is 0.269 e. The monoisotopic (exact) mass is 418 g/mol. The first kappa shape index (κ1) is 20.4. The summed E-state index contributed by atoms with van der Waals surface area (Å²) in [6.45, 7) is 3.69. The molecule has 0 bridgehead atoms. The molecule has 3 amide bonds. The van der Waals surface area contributed by atoms with Gasteiger partial charge in [0.1, 0.15) is 11.8 Å². The van der Waals surface area contributed by atoms with Crippen LogP contribution in [0.2, 0.25) is 0 Å². The molecule has 31 heavy (non-hydrogen) atoms. The molecule has 1 aliphatic heterocycles. The molecule has 2 atom stereocenters. The van der Waals surface area contributed by atoms with E-state index in [1.165, 1.54) is 12.1 Å². The maximum atomic E-state index is 12.7. The molecule has 0 saturated carbocycles. The summed E-state index contributed by atoms with van der Waals surface area (Å²) in [7, 11) is 0. The van der Waals surface area contributed by atoms with E-state index in [9.17, 15) is 19.6 Å². The normalized spacial score (nSPS) is 18.6. The quantitative estimate of drug-likeness (QED) is 0.657. The highest BCUT2D eigenvalue weighted by Crippen LogP contribution is 2.42. The van der Waals surface area contributed by atoms with E-state index in [1.54, 1.807) is 18.2 Å². The van der Waals surface area contributed by atoms with Gasteiger partial charge < -0.3 is 10.1 Å². The van der Waals surface area contributed by atoms with Crippen molar-refractivity contribution >= 4 is 17.7 Å². The van der Waals surface area contributed by atoms with Crippen LogP contribution in [0.15, 0.2) is 36.4 Å². The lowest BCUT2D eigenvalue weighted by molar-refractivity contribution is -0.119. The molecular formula is C23H22N4O4. The molecular weight excluding hydrogens is 396 g/mol. The van der Waals surface area contributed by atoms with Crippen LogP contribution >= 0.6 is 0 Å². The topological polar surface area (TPSA) is 120 Å². The zero-order valence-corrected chi connectivity index (χ0v) is 17.2. The Morgan fingerprint density at radius 2 is 1.94 bits per heavy atom. The number of amides is 3. The predicted octanol–water partition coefficient (Wildman–Crippen LogP) is 2.15. The van der Waals surface area contributed by atoms with Crippen molar-refractivity contribution in [1.82, 2.24) is 16.2 Å². The highest BCUT2D eigenvalue weighted by Gasteiger charge is 2.41. The van der Waals surface area contributed by atoms with Crippen LogP contribution in [0.1, 0.15) is 63.7 Å². The second-order valence-corrected chi connectivity index (χ2v) is 7.98. The standard InChI is InChI=1S/C23H22N4O4/c1-12(2)31-19-7-6-13(8-15(19)11-24)22(29)26-27-23(30)17-5-3-4-16-18(17)9-14-10-20(28)25-21(14)16/h3-8,12,14,21H,9-10H2,1-2H3,(H,25,28)(H,26,29)(H,27,30). The zero-order chi connectivity index (χ0) is 22.1. The second-order valence-electron chi connectivity index (χ2n) is 7.98. The molecule has 158 valence electrons. The Labute approximate surface area is 179 Å². The molecule has 2 aromatic carbocycles. The molecule has 2 aromatic rings. The number of benzene rings is 2. The van der Waals surface area contributed by atoms with Crippen molar-refractivity contribution in [2.45, 2.75) is 38.8 Å². The van der Waals surface area contributed by atoms with Crippen molar-refractivity contribution in [3.8, 4) is 11.8 Å². The van der Waals surface area contributed by atoms with Crippen LogP contribution in [-0.2, 0) is 11.2 Å². The van der Waals surface area contributed by atoms with Crippen molar-refractivity contribution in [3.05, 3.63) is 64.2 Å². The second kappa shape index (κ2) is 8.11. The van der Waals surface area contributed by atoms with Crippen LogP contribution in [0.5, 0.6) is 5.75 Å². The summed E-state index contributed by atoms with van der Waals surface area (Å²) < 4.78 is 5.56. The zero-order valence-electron chi connectivity index (χ0n) is 17.2. The Bertz CT molecular complexity index is 1120. The average molecular weight is 418 g/mol. The number of nitriles is 1. The van der Waals surface area contributed by atoms with Gasteiger partial charge in [-0.25, -0.2) is 0 Å². The summed E-state index contributed by atoms with van der Waals surface area (Å²) in [5.41, 5.74) is 7.63. The number of nitrogens with zero attached hydrogens (tertiary/aromatic N) is 1. The van der Waals surface area contributed by atoms with Gasteiger partial charge in [-0.3, -0.25) is 25.2 Å². The van der Waals surface area contributed by atoms with Gasteiger partial charge in [-0.15, -0.1) is 0 Å². The Balaban J connectivity index is 1.45. The van der Waals surface area contributed by atoms with Crippen molar-refractivity contribution in [1.29, 1.82) is 5.26 Å². The Hall–Kier alpha value is -3.86. The van der Waals surface area contributed by atoms with Gasteiger partial charge in [0.05, 0.1) is 17.7 Å². The minimum Gasteiger partial charge on any atom is -0.490 e. The molecule has 4 rings (SSSR count). The number of rotatable bonds is 4. The third kappa shape index (κ3) is 3.94. The molecule has 8 nitrogen and oxygen atoms in total. The summed E-state index contributed by atoms with van der Waals surface area (Å²) in [4.78, 5) is 36.9. The van der Waals surface area contributed by atoms with E-state index in [2.05, 4.69) is 16.2 Å². The van der Waals surface area contributed by atoms with Crippen molar-refractivity contribution in [2.75, 3.05) is 0 Å². The van der Waals surface area contributed by atoms with Crippen LogP contribution in [0.3, 0.4) is 0 Å². The molecule has 0 aromatic heterocycles. The van der Waals surface area contributed by atoms with Crippen molar-refractivity contribution in [3.63, 3.8) is 0 Å². The van der Waals surface area contributed by atoms with E-state index >= 15 is 0 Å². The Morgan fingerprint density at radius 1 is 1.16 bits per heavy atom. The maximum Gasteiger partial charge on any atom is 0.269 e. The predicted molar refractivity (Wildman–Crippen MR) is 111 cm³/mol. The van der Waals surface area contributed by atoms with Gasteiger partial charge in [-0.1, -0.05) is 12.1 Å². The third-order valence-electron chi connectivity index (χ3n) is 5.51. The summed E-state index contributed by atoms with van der Waals surface area (Å²) in [6, 6.07) is 11.9. The summed E-state index contributed by atoms with van der Waals surface area (Å²) in [5, 5.41) is 12.3. The molecule has 1 aliphatic carbocycles. The molecule has 0 radical (unpaired) electrons. The van der Waals surface area contributed by atoms with E-state index < -0.39 is 11.8 Å². The number of nitrogens with one attached hydrogen (secondary N) is 3. The molecule has 2 aliphatic rings. The van der Waals surface area contributed by atoms with Crippen LogP contribution in [-0.4, -0.2) is 23.8 Å². The number of carbonyl (C=O) groups excluding carboxylic acids is 3. The number of hydrazine groups is 1. The minimum atomic E-state index is -0.544. The molecule has 1 saturated heterocycles. The minimum absolute atomic E-state index is 0.0318. The van der Waals surface area contributed by atoms with E-state index in [0.29, 0.717) is 24.2 Å². The largest absolute Gasteiger partial charge is 0.490 e. The van der Waals surface area contributed by atoms with E-state index in [0.717, 1.165) is 11.1 Å². The van der Waals surface area contributed by atoms with Gasteiger partial charge in [0, 0.05) is 17.5 Å². The first-order valence-corrected chi connectivity index (χ1v) is 10.1. The number of hydrogen-bond acceptors (Lipinski definition) is 5. The Kier molecular flexibility index (Phi) is 5.34. The van der Waals surface area contributed by atoms with E-state index in [4.69, 9.17) is 4.74 Å². The van der Waals surface area contributed by atoms with Gasteiger partial charge in [0.15, 0.2) is 0 Å². The number of carbonyl (C=O) groups is 3. The van der Waals surface area contributed by atoms with Gasteiger partial charge in [-0.2, -0.15) is 5.26 Å². The van der Waals surface area contributed by atoms with Crippen LogP contribution in [0.25, 0.3) is 0 Å². The highest BCUT2D eigenvalue weighted by atomic mass is 16.5. The van der Waals surface area contributed by atoms with Crippen LogP contribution in [0.4, 0.5) is 0 Å². The van der Waals surface area contributed by atoms with Crippen LogP contribution in [0, 0.1) is 17.2 Å². The summed E-state index contributed by atoms with van der Waals surface area (Å²) >= 11 is 0. The molecule has 0 spiro atoms. The van der Waals surface area contributed by atoms with Gasteiger partial charge in [0.2, 0.25) is 5.91 Å². The lowest BCUT2D eigenvalue weighted by atomic mass is 10.0. The first-order valence-electron chi connectivity index (χ1n) is 10.1. The van der Waals surface area contributed by atoms with Crippen molar-refractivity contribution < 1.29 is 19.1 Å². The number of hydrogen-bond donors (Lipinski definition) is 3. The van der Waals surface area contributed by atoms with Crippen LogP contribution < -0.4 is 20.9 Å². The fraction of sp³-hybridized carbons (Fsp3) is 0.304. The highest BCUT2D eigenvalue weighted by molar-refractivity contribution is 6.00. The fourth-order valence-corrected chi connectivity index (χ4v) is 4.20. The average Bonchev–Trinajstić information content (AvgIpc) is 3.27. The van der Waals surface area contributed by atoms with E-state index in [1.807, 2.05) is 26.0 Å². The SMILES string of the molecule is CC(C)Oc1ccc(C(=O)NNC(=O)c2cccc3c2CC2CC(=O)NC32)cc1C#N. The first-order chi connectivity index (χ1) is 14.9. The molecule has 8 heteroatoms. The lowest BCUT2D eigenvalue weighted by Crippen LogP contribution is -2.42. The van der Waals surface area contributed by atoms with E-state index in [-0.39, 0.29) is 35.1 Å². The molecule has 2 unspecified atom stereocenters. The molecule has 1 heterocycles. The van der Waals surface area contributed by atoms with Gasteiger partial charge in [-0.05, 0) is 61.6 Å². The number of fused-ring (bicyclic) bond motifs is 3. The molecule has 3 N–H and O–H groups in total. The van der Waals surface area contributed by atoms with Gasteiger partial charge >= 0.3 is 0 Å². The third-order valence-corrected chi connectivity index (χ3v) is 5.51. The summed E-state index contributed by atoms with van der Waals surface area (Å²) in [5.74, 6) is -0.392. The Morgan fingerprint density at radius 3 is 2.68 bits per heavy atom. The molecule has 1 fully saturated rings. The summed E-state index contributed by atoms with van der Waals surface area (Å²) in [6.07, 6.45) is 0.986. The van der Waals surface area contributed by atoms with Crippen molar-refractivity contribution in [2.24, 2.45) is 5.92 Å². The number of ether oxygens (including phenoxy) is 1.